The molecule has 2 aliphatic carbocycles. The maximum absolute atomic E-state index is 5.36. The van der Waals surface area contributed by atoms with Gasteiger partial charge in [0.25, 0.3) is 0 Å². The molecule has 0 amide bonds. The highest BCUT2D eigenvalue weighted by Gasteiger charge is 2.47. The van der Waals surface area contributed by atoms with Gasteiger partial charge in [0.15, 0.2) is 0 Å². The number of morpholine rings is 1. The van der Waals surface area contributed by atoms with E-state index in [9.17, 15) is 0 Å². The zero-order valence-electron chi connectivity index (χ0n) is 7.54. The van der Waals surface area contributed by atoms with Crippen molar-refractivity contribution in [2.24, 2.45) is 11.8 Å². The van der Waals surface area contributed by atoms with Crippen LogP contribution in [0.4, 0.5) is 0 Å². The van der Waals surface area contributed by atoms with Gasteiger partial charge in [-0.1, -0.05) is 0 Å². The third-order valence-corrected chi connectivity index (χ3v) is 3.78. The zero-order chi connectivity index (χ0) is 7.97. The normalized spacial score (nSPS) is 47.5. The lowest BCUT2D eigenvalue weighted by molar-refractivity contribution is 0.0155. The minimum absolute atomic E-state index is 0.928. The van der Waals surface area contributed by atoms with Gasteiger partial charge in [0, 0.05) is 19.1 Å². The lowest BCUT2D eigenvalue weighted by Gasteiger charge is -2.32. The highest BCUT2D eigenvalue weighted by molar-refractivity contribution is 4.99. The first-order valence-corrected chi connectivity index (χ1v) is 5.25. The van der Waals surface area contributed by atoms with Gasteiger partial charge in [-0.25, -0.2) is 0 Å². The Kier molecular flexibility index (Phi) is 1.66. The SMILES string of the molecule is C1CN([C@H]2C[C@H]3C[C@H]3C2)CCO1. The molecule has 0 aromatic rings. The molecule has 0 aromatic heterocycles. The fourth-order valence-electron chi connectivity index (χ4n) is 2.92. The minimum atomic E-state index is 0.928. The zero-order valence-corrected chi connectivity index (χ0v) is 7.54. The van der Waals surface area contributed by atoms with E-state index in [4.69, 9.17) is 4.74 Å². The Morgan fingerprint density at radius 3 is 2.25 bits per heavy atom. The van der Waals surface area contributed by atoms with Gasteiger partial charge < -0.3 is 4.74 Å². The molecule has 0 bridgehead atoms. The maximum Gasteiger partial charge on any atom is 0.0594 e. The van der Waals surface area contributed by atoms with Gasteiger partial charge in [0.1, 0.15) is 0 Å². The summed E-state index contributed by atoms with van der Waals surface area (Å²) in [6.45, 7) is 4.30. The van der Waals surface area contributed by atoms with Crippen LogP contribution in [-0.2, 0) is 4.74 Å². The van der Waals surface area contributed by atoms with Crippen LogP contribution >= 0.6 is 0 Å². The van der Waals surface area contributed by atoms with E-state index in [1.54, 1.807) is 6.42 Å². The predicted molar refractivity (Wildman–Crippen MR) is 47.0 cm³/mol. The molecule has 1 aliphatic heterocycles. The third kappa shape index (κ3) is 1.17. The van der Waals surface area contributed by atoms with E-state index in [0.29, 0.717) is 0 Å². The molecule has 0 aromatic carbocycles. The highest BCUT2D eigenvalue weighted by Crippen LogP contribution is 2.53. The molecule has 2 saturated carbocycles. The summed E-state index contributed by atoms with van der Waals surface area (Å²) in [6.07, 6.45) is 4.52. The standard InChI is InChI=1S/C10H17NO/c1-3-12-4-2-11(1)10-6-8-5-9(8)7-10/h8-10H,1-7H2/t8-,9+,10+. The van der Waals surface area contributed by atoms with Crippen molar-refractivity contribution in [2.75, 3.05) is 26.3 Å². The van der Waals surface area contributed by atoms with Crippen LogP contribution in [-0.4, -0.2) is 37.2 Å². The molecule has 68 valence electrons. The molecule has 0 radical (unpaired) electrons. The molecule has 12 heavy (non-hydrogen) atoms. The summed E-state index contributed by atoms with van der Waals surface area (Å²) in [5.41, 5.74) is 0. The van der Waals surface area contributed by atoms with Crippen molar-refractivity contribution in [1.29, 1.82) is 0 Å². The third-order valence-electron chi connectivity index (χ3n) is 3.78. The molecule has 1 saturated heterocycles. The second-order valence-electron chi connectivity index (χ2n) is 4.53. The Hall–Kier alpha value is -0.0800. The number of hydrogen-bond donors (Lipinski definition) is 0. The molecular formula is C10H17NO. The Morgan fingerprint density at radius 2 is 1.58 bits per heavy atom. The van der Waals surface area contributed by atoms with Gasteiger partial charge >= 0.3 is 0 Å². The van der Waals surface area contributed by atoms with E-state index in [2.05, 4.69) is 4.90 Å². The monoisotopic (exact) mass is 167 g/mol. The number of fused-ring (bicyclic) bond motifs is 1. The average molecular weight is 167 g/mol. The molecule has 1 heterocycles. The summed E-state index contributed by atoms with van der Waals surface area (Å²) in [5, 5.41) is 0. The van der Waals surface area contributed by atoms with Crippen LogP contribution in [0.5, 0.6) is 0 Å². The van der Waals surface area contributed by atoms with Gasteiger partial charge in [-0.3, -0.25) is 4.90 Å². The molecule has 3 fully saturated rings. The first-order chi connectivity index (χ1) is 5.93. The fourth-order valence-corrected chi connectivity index (χ4v) is 2.92. The number of rotatable bonds is 1. The maximum atomic E-state index is 5.36. The molecule has 3 atom stereocenters. The molecule has 2 nitrogen and oxygen atoms in total. The van der Waals surface area contributed by atoms with Crippen LogP contribution in [0.1, 0.15) is 19.3 Å². The topological polar surface area (TPSA) is 12.5 Å². The number of hydrogen-bond acceptors (Lipinski definition) is 2. The Morgan fingerprint density at radius 1 is 0.917 bits per heavy atom. The van der Waals surface area contributed by atoms with E-state index in [1.807, 2.05) is 0 Å². The molecular weight excluding hydrogens is 150 g/mol. The summed E-state index contributed by atoms with van der Waals surface area (Å²) in [4.78, 5) is 2.65. The lowest BCUT2D eigenvalue weighted by atomic mass is 10.1. The van der Waals surface area contributed by atoms with Gasteiger partial charge in [-0.05, 0) is 31.1 Å². The number of ether oxygens (including phenoxy) is 1. The van der Waals surface area contributed by atoms with Crippen molar-refractivity contribution in [3.63, 3.8) is 0 Å². The second-order valence-corrected chi connectivity index (χ2v) is 4.53. The van der Waals surface area contributed by atoms with Gasteiger partial charge in [-0.2, -0.15) is 0 Å². The van der Waals surface area contributed by atoms with Crippen molar-refractivity contribution in [1.82, 2.24) is 4.90 Å². The molecule has 3 rings (SSSR count). The van der Waals surface area contributed by atoms with Crippen LogP contribution in [0.3, 0.4) is 0 Å². The Labute approximate surface area is 73.9 Å². The van der Waals surface area contributed by atoms with Crippen LogP contribution in [0, 0.1) is 11.8 Å². The van der Waals surface area contributed by atoms with Crippen LogP contribution < -0.4 is 0 Å². The molecule has 2 heteroatoms. The van der Waals surface area contributed by atoms with Crippen molar-refractivity contribution in [2.45, 2.75) is 25.3 Å². The van der Waals surface area contributed by atoms with Gasteiger partial charge in [0.05, 0.1) is 13.2 Å². The van der Waals surface area contributed by atoms with Gasteiger partial charge in [-0.15, -0.1) is 0 Å². The van der Waals surface area contributed by atoms with Crippen molar-refractivity contribution >= 4 is 0 Å². The molecule has 0 spiro atoms. The first-order valence-electron chi connectivity index (χ1n) is 5.25. The summed E-state index contributed by atoms with van der Waals surface area (Å²) in [7, 11) is 0. The van der Waals surface area contributed by atoms with E-state index in [0.717, 1.165) is 31.1 Å². The largest absolute Gasteiger partial charge is 0.379 e. The minimum Gasteiger partial charge on any atom is -0.379 e. The van der Waals surface area contributed by atoms with E-state index in [-0.39, 0.29) is 0 Å². The van der Waals surface area contributed by atoms with Gasteiger partial charge in [0.2, 0.25) is 0 Å². The fraction of sp³-hybridized carbons (Fsp3) is 1.00. The smallest absolute Gasteiger partial charge is 0.0594 e. The Balaban J connectivity index is 1.58. The van der Waals surface area contributed by atoms with Crippen molar-refractivity contribution in [3.05, 3.63) is 0 Å². The highest BCUT2D eigenvalue weighted by atomic mass is 16.5. The predicted octanol–water partition coefficient (Wildman–Crippen LogP) is 1.12. The van der Waals surface area contributed by atoms with Crippen LogP contribution in [0.15, 0.2) is 0 Å². The van der Waals surface area contributed by atoms with Crippen LogP contribution in [0.2, 0.25) is 0 Å². The average Bonchev–Trinajstić information content (AvgIpc) is 2.75. The van der Waals surface area contributed by atoms with Crippen molar-refractivity contribution < 1.29 is 4.74 Å². The number of nitrogens with zero attached hydrogens (tertiary/aromatic N) is 1. The van der Waals surface area contributed by atoms with Crippen LogP contribution in [0.25, 0.3) is 0 Å². The van der Waals surface area contributed by atoms with E-state index < -0.39 is 0 Å². The second kappa shape index (κ2) is 2.71. The molecule has 3 aliphatic rings. The summed E-state index contributed by atoms with van der Waals surface area (Å²) in [5.74, 6) is 2.25. The quantitative estimate of drug-likeness (QED) is 0.580. The molecule has 0 unspecified atom stereocenters. The van der Waals surface area contributed by atoms with E-state index >= 15 is 0 Å². The first kappa shape index (κ1) is 7.34. The molecule has 0 N–H and O–H groups in total. The summed E-state index contributed by atoms with van der Waals surface area (Å²) in [6, 6.07) is 0.928. The van der Waals surface area contributed by atoms with Crippen molar-refractivity contribution in [3.8, 4) is 0 Å². The summed E-state index contributed by atoms with van der Waals surface area (Å²) < 4.78 is 5.36. The van der Waals surface area contributed by atoms with E-state index in [1.165, 1.54) is 25.9 Å². The lowest BCUT2D eigenvalue weighted by Crippen LogP contribution is -2.42. The summed E-state index contributed by atoms with van der Waals surface area (Å²) >= 11 is 0. The Bertz CT molecular complexity index is 167.